The van der Waals surface area contributed by atoms with E-state index in [2.05, 4.69) is 0 Å². The van der Waals surface area contributed by atoms with Crippen LogP contribution >= 0.6 is 21.6 Å². The Balaban J connectivity index is 1.92. The first-order chi connectivity index (χ1) is 7.71. The number of piperazine rings is 1. The second-order valence-electron chi connectivity index (χ2n) is 4.86. The van der Waals surface area contributed by atoms with Crippen LogP contribution in [0.1, 0.15) is 25.7 Å². The topological polar surface area (TPSA) is 40.6 Å². The van der Waals surface area contributed by atoms with E-state index in [1.165, 1.54) is 0 Å². The maximum absolute atomic E-state index is 12.5. The first-order valence-corrected chi connectivity index (χ1v) is 7.87. The fourth-order valence-corrected chi connectivity index (χ4v) is 7.28. The van der Waals surface area contributed by atoms with E-state index in [4.69, 9.17) is 0 Å². The van der Waals surface area contributed by atoms with E-state index in [1.807, 2.05) is 9.80 Å². The molecule has 0 N–H and O–H groups in total. The summed E-state index contributed by atoms with van der Waals surface area (Å²) in [5.74, 6) is 0.400. The smallest absolute Gasteiger partial charge is 0.261 e. The highest BCUT2D eigenvalue weighted by Gasteiger charge is 2.71. The molecule has 2 unspecified atom stereocenters. The number of nitrogens with zero attached hydrogens (tertiary/aromatic N) is 2. The lowest BCUT2D eigenvalue weighted by atomic mass is 10.0. The van der Waals surface area contributed by atoms with Gasteiger partial charge in [-0.1, -0.05) is 21.6 Å². The van der Waals surface area contributed by atoms with Crippen LogP contribution in [0.2, 0.25) is 0 Å². The summed E-state index contributed by atoms with van der Waals surface area (Å²) >= 11 is 0. The highest BCUT2D eigenvalue weighted by atomic mass is 33.1. The quantitative estimate of drug-likeness (QED) is 0.607. The predicted octanol–water partition coefficient (Wildman–Crippen LogP) is 1.03. The molecule has 2 bridgehead atoms. The minimum absolute atomic E-state index is 0.200. The number of hydrogen-bond acceptors (Lipinski definition) is 4. The second-order valence-corrected chi connectivity index (χ2v) is 7.54. The Morgan fingerprint density at radius 2 is 1.31 bits per heavy atom. The number of carbonyl (C=O) groups excluding carboxylic acids is 2. The molecule has 0 saturated carbocycles. The molecule has 0 aromatic heterocycles. The Labute approximate surface area is 101 Å². The van der Waals surface area contributed by atoms with Gasteiger partial charge in [0.1, 0.15) is 0 Å². The number of fused-ring (bicyclic) bond motifs is 1. The molecule has 2 atom stereocenters. The van der Waals surface area contributed by atoms with Crippen molar-refractivity contribution in [3.8, 4) is 0 Å². The van der Waals surface area contributed by atoms with Gasteiger partial charge in [-0.3, -0.25) is 9.59 Å². The molecule has 5 aliphatic rings. The zero-order valence-corrected chi connectivity index (χ0v) is 10.4. The fourth-order valence-electron chi connectivity index (χ4n) is 3.36. The van der Waals surface area contributed by atoms with Crippen molar-refractivity contribution in [1.29, 1.82) is 0 Å². The summed E-state index contributed by atoms with van der Waals surface area (Å²) in [6.07, 6.45) is 3.60. The van der Waals surface area contributed by atoms with E-state index in [0.29, 0.717) is 0 Å². The highest BCUT2D eigenvalue weighted by molar-refractivity contribution is 8.78. The molecule has 16 heavy (non-hydrogen) atoms. The summed E-state index contributed by atoms with van der Waals surface area (Å²) in [4.78, 5) is 27.7. The first-order valence-electron chi connectivity index (χ1n) is 5.72. The maximum Gasteiger partial charge on any atom is 0.261 e. The van der Waals surface area contributed by atoms with E-state index >= 15 is 0 Å². The average Bonchev–Trinajstić information content (AvgIpc) is 2.89. The summed E-state index contributed by atoms with van der Waals surface area (Å²) in [7, 11) is 3.28. The molecule has 0 aromatic rings. The standard InChI is InChI=1S/C10H12N2O2S2/c13-7-9-3-1-5-11(9)8(14)10(16-15-9)4-2-6-12(7)10/h1-6H2. The van der Waals surface area contributed by atoms with E-state index in [1.54, 1.807) is 21.6 Å². The zero-order chi connectivity index (χ0) is 11.0. The van der Waals surface area contributed by atoms with Crippen molar-refractivity contribution in [2.45, 2.75) is 35.4 Å². The number of hydrogen-bond donors (Lipinski definition) is 0. The molecular formula is C10H12N2O2S2. The molecule has 86 valence electrons. The van der Waals surface area contributed by atoms with Crippen molar-refractivity contribution in [3.63, 3.8) is 0 Å². The summed E-state index contributed by atoms with van der Waals surface area (Å²) in [6, 6.07) is 0. The van der Waals surface area contributed by atoms with E-state index < -0.39 is 9.74 Å². The third-order valence-electron chi connectivity index (χ3n) is 4.14. The minimum Gasteiger partial charge on any atom is -0.316 e. The zero-order valence-electron chi connectivity index (χ0n) is 8.77. The van der Waals surface area contributed by atoms with Crippen LogP contribution in [0.4, 0.5) is 0 Å². The molecule has 2 amide bonds. The monoisotopic (exact) mass is 256 g/mol. The summed E-state index contributed by atoms with van der Waals surface area (Å²) < 4.78 is 0. The number of rotatable bonds is 0. The predicted molar refractivity (Wildman–Crippen MR) is 62.5 cm³/mol. The normalized spacial score (nSPS) is 45.2. The van der Waals surface area contributed by atoms with Gasteiger partial charge in [0.25, 0.3) is 11.8 Å². The molecule has 5 heterocycles. The Morgan fingerprint density at radius 3 is 1.75 bits per heavy atom. The lowest BCUT2D eigenvalue weighted by molar-refractivity contribution is -0.161. The van der Waals surface area contributed by atoms with Crippen LogP contribution in [0.3, 0.4) is 0 Å². The molecule has 6 heteroatoms. The van der Waals surface area contributed by atoms with Crippen molar-refractivity contribution in [2.75, 3.05) is 13.1 Å². The van der Waals surface area contributed by atoms with Crippen LogP contribution < -0.4 is 0 Å². The third kappa shape index (κ3) is 0.786. The minimum atomic E-state index is -0.534. The lowest BCUT2D eigenvalue weighted by Crippen LogP contribution is -2.73. The van der Waals surface area contributed by atoms with Crippen molar-refractivity contribution >= 4 is 33.4 Å². The van der Waals surface area contributed by atoms with Gasteiger partial charge < -0.3 is 9.80 Å². The van der Waals surface area contributed by atoms with Crippen LogP contribution in [0.25, 0.3) is 0 Å². The summed E-state index contributed by atoms with van der Waals surface area (Å²) in [6.45, 7) is 1.54. The average molecular weight is 256 g/mol. The fraction of sp³-hybridized carbons (Fsp3) is 0.800. The van der Waals surface area contributed by atoms with Gasteiger partial charge in [0.05, 0.1) is 0 Å². The van der Waals surface area contributed by atoms with Crippen LogP contribution in [-0.4, -0.2) is 44.4 Å². The molecule has 2 spiro atoms. The van der Waals surface area contributed by atoms with Crippen molar-refractivity contribution in [1.82, 2.24) is 9.80 Å². The molecule has 5 saturated heterocycles. The van der Waals surface area contributed by atoms with Crippen LogP contribution in [0.15, 0.2) is 0 Å². The molecule has 0 aliphatic carbocycles. The molecule has 5 rings (SSSR count). The third-order valence-corrected chi connectivity index (χ3v) is 7.88. The van der Waals surface area contributed by atoms with Crippen LogP contribution in [-0.2, 0) is 9.59 Å². The number of carbonyl (C=O) groups is 2. The largest absolute Gasteiger partial charge is 0.316 e. The Kier molecular flexibility index (Phi) is 1.64. The van der Waals surface area contributed by atoms with Gasteiger partial charge in [-0.05, 0) is 25.7 Å². The second kappa shape index (κ2) is 2.72. The van der Waals surface area contributed by atoms with Crippen LogP contribution in [0, 0.1) is 0 Å². The van der Waals surface area contributed by atoms with Gasteiger partial charge in [-0.2, -0.15) is 0 Å². The summed E-state index contributed by atoms with van der Waals surface area (Å²) in [5.41, 5.74) is 0. The van der Waals surface area contributed by atoms with Crippen molar-refractivity contribution < 1.29 is 9.59 Å². The number of amides is 2. The van der Waals surface area contributed by atoms with Gasteiger partial charge >= 0.3 is 0 Å². The first kappa shape index (κ1) is 9.65. The van der Waals surface area contributed by atoms with Gasteiger partial charge in [-0.15, -0.1) is 0 Å². The van der Waals surface area contributed by atoms with Crippen LogP contribution in [0.5, 0.6) is 0 Å². The lowest BCUT2D eigenvalue weighted by Gasteiger charge is -2.56. The molecule has 5 fully saturated rings. The maximum atomic E-state index is 12.5. The van der Waals surface area contributed by atoms with Crippen molar-refractivity contribution in [3.05, 3.63) is 0 Å². The van der Waals surface area contributed by atoms with E-state index in [9.17, 15) is 9.59 Å². The molecular weight excluding hydrogens is 244 g/mol. The van der Waals surface area contributed by atoms with E-state index in [-0.39, 0.29) is 11.8 Å². The Bertz CT molecular complexity index is 378. The van der Waals surface area contributed by atoms with Gasteiger partial charge in [0.2, 0.25) is 0 Å². The highest BCUT2D eigenvalue weighted by Crippen LogP contribution is 2.64. The molecule has 0 aromatic carbocycles. The molecule has 4 nitrogen and oxygen atoms in total. The molecule has 5 aliphatic heterocycles. The van der Waals surface area contributed by atoms with Gasteiger partial charge in [0.15, 0.2) is 9.74 Å². The van der Waals surface area contributed by atoms with Gasteiger partial charge in [-0.25, -0.2) is 0 Å². The van der Waals surface area contributed by atoms with Crippen molar-refractivity contribution in [2.24, 2.45) is 0 Å². The Hall–Kier alpha value is -0.360. The Morgan fingerprint density at radius 1 is 0.875 bits per heavy atom. The van der Waals surface area contributed by atoms with E-state index in [0.717, 1.165) is 38.8 Å². The molecule has 0 radical (unpaired) electrons. The summed E-state index contributed by atoms with van der Waals surface area (Å²) in [5, 5.41) is 0. The van der Waals surface area contributed by atoms with Gasteiger partial charge in [0, 0.05) is 13.1 Å². The SMILES string of the molecule is O=C1N2CCCC23SSC12CCCN2C3=O.